The molecule has 19 heavy (non-hydrogen) atoms. The van der Waals surface area contributed by atoms with Crippen LogP contribution in [0, 0.1) is 19.3 Å². The fourth-order valence-electron chi connectivity index (χ4n) is 2.41. The fraction of sp³-hybridized carbons (Fsp3) is 0.389. The molecule has 0 saturated carbocycles. The van der Waals surface area contributed by atoms with Gasteiger partial charge in [0.1, 0.15) is 0 Å². The van der Waals surface area contributed by atoms with E-state index in [2.05, 4.69) is 69.9 Å². The van der Waals surface area contributed by atoms with Gasteiger partial charge in [-0.15, -0.1) is 0 Å². The van der Waals surface area contributed by atoms with Crippen molar-refractivity contribution in [3.63, 3.8) is 0 Å². The summed E-state index contributed by atoms with van der Waals surface area (Å²) in [6, 6.07) is 11.0. The summed E-state index contributed by atoms with van der Waals surface area (Å²) in [4.78, 5) is 4.55. The van der Waals surface area contributed by atoms with Crippen molar-refractivity contribution in [2.45, 2.75) is 41.0 Å². The lowest BCUT2D eigenvalue weighted by molar-refractivity contribution is 0.411. The van der Waals surface area contributed by atoms with Crippen LogP contribution in [0.15, 0.2) is 36.5 Å². The van der Waals surface area contributed by atoms with Gasteiger partial charge in [-0.3, -0.25) is 4.98 Å². The van der Waals surface area contributed by atoms with Gasteiger partial charge in [0.2, 0.25) is 0 Å². The Balaban J connectivity index is 2.27. The van der Waals surface area contributed by atoms with Gasteiger partial charge in [-0.2, -0.15) is 0 Å². The molecule has 100 valence electrons. The molecule has 1 heteroatoms. The van der Waals surface area contributed by atoms with Crippen molar-refractivity contribution in [1.29, 1.82) is 0 Å². The van der Waals surface area contributed by atoms with Gasteiger partial charge in [0.25, 0.3) is 0 Å². The predicted molar refractivity (Wildman–Crippen MR) is 82.3 cm³/mol. The van der Waals surface area contributed by atoms with Gasteiger partial charge in [-0.25, -0.2) is 0 Å². The molecule has 1 heterocycles. The first kappa shape index (κ1) is 13.8. The van der Waals surface area contributed by atoms with Crippen LogP contribution in [0.5, 0.6) is 0 Å². The predicted octanol–water partition coefficient (Wildman–Crippen LogP) is 4.95. The molecular weight excluding hydrogens is 230 g/mol. The van der Waals surface area contributed by atoms with E-state index < -0.39 is 0 Å². The molecule has 0 N–H and O–H groups in total. The van der Waals surface area contributed by atoms with Crippen LogP contribution in [0.25, 0.3) is 11.3 Å². The average molecular weight is 253 g/mol. The summed E-state index contributed by atoms with van der Waals surface area (Å²) in [5.74, 6) is 0. The summed E-state index contributed by atoms with van der Waals surface area (Å²) in [6.07, 6.45) is 3.04. The standard InChI is InChI=1S/C18H23N/c1-13-10-14(2)17(19-12-13)16-8-6-15(7-9-16)11-18(3,4)5/h6-10,12H,11H2,1-5H3. The highest BCUT2D eigenvalue weighted by molar-refractivity contribution is 5.63. The Morgan fingerprint density at radius 3 is 2.16 bits per heavy atom. The first-order valence-corrected chi connectivity index (χ1v) is 6.88. The van der Waals surface area contributed by atoms with Crippen molar-refractivity contribution in [3.05, 3.63) is 53.2 Å². The second-order valence-corrected chi connectivity index (χ2v) is 6.61. The summed E-state index contributed by atoms with van der Waals surface area (Å²) in [7, 11) is 0. The Morgan fingerprint density at radius 2 is 1.63 bits per heavy atom. The van der Waals surface area contributed by atoms with E-state index >= 15 is 0 Å². The van der Waals surface area contributed by atoms with Crippen LogP contribution >= 0.6 is 0 Å². The molecule has 0 spiro atoms. The number of pyridine rings is 1. The number of aryl methyl sites for hydroxylation is 2. The van der Waals surface area contributed by atoms with Crippen LogP contribution in [0.3, 0.4) is 0 Å². The third-order valence-electron chi connectivity index (χ3n) is 3.18. The normalized spacial score (nSPS) is 11.6. The molecular formula is C18H23N. The summed E-state index contributed by atoms with van der Waals surface area (Å²) in [5.41, 5.74) is 6.47. The second-order valence-electron chi connectivity index (χ2n) is 6.61. The molecule has 0 fully saturated rings. The SMILES string of the molecule is Cc1cnc(-c2ccc(CC(C)(C)C)cc2)c(C)c1. The van der Waals surface area contributed by atoms with Gasteiger partial charge in [0, 0.05) is 11.8 Å². The van der Waals surface area contributed by atoms with Crippen molar-refractivity contribution in [3.8, 4) is 11.3 Å². The van der Waals surface area contributed by atoms with E-state index in [-0.39, 0.29) is 0 Å². The van der Waals surface area contributed by atoms with E-state index in [0.717, 1.165) is 12.1 Å². The van der Waals surface area contributed by atoms with Gasteiger partial charge >= 0.3 is 0 Å². The van der Waals surface area contributed by atoms with Crippen LogP contribution < -0.4 is 0 Å². The number of aromatic nitrogens is 1. The Labute approximate surface area is 116 Å². The van der Waals surface area contributed by atoms with Crippen LogP contribution in [-0.2, 0) is 6.42 Å². The minimum Gasteiger partial charge on any atom is -0.256 e. The lowest BCUT2D eigenvalue weighted by Crippen LogP contribution is -2.08. The first-order chi connectivity index (χ1) is 8.85. The maximum Gasteiger partial charge on any atom is 0.0731 e. The fourth-order valence-corrected chi connectivity index (χ4v) is 2.41. The van der Waals surface area contributed by atoms with Crippen LogP contribution in [0.2, 0.25) is 0 Å². The minimum atomic E-state index is 0.333. The summed E-state index contributed by atoms with van der Waals surface area (Å²) in [6.45, 7) is 11.0. The van der Waals surface area contributed by atoms with E-state index in [1.54, 1.807) is 0 Å². The van der Waals surface area contributed by atoms with Crippen LogP contribution in [0.1, 0.15) is 37.5 Å². The summed E-state index contributed by atoms with van der Waals surface area (Å²) < 4.78 is 0. The molecule has 0 aliphatic carbocycles. The van der Waals surface area contributed by atoms with Gasteiger partial charge in [-0.1, -0.05) is 51.1 Å². The zero-order valence-electron chi connectivity index (χ0n) is 12.6. The third-order valence-corrected chi connectivity index (χ3v) is 3.18. The van der Waals surface area contributed by atoms with E-state index in [1.165, 1.54) is 22.3 Å². The topological polar surface area (TPSA) is 12.9 Å². The quantitative estimate of drug-likeness (QED) is 0.737. The van der Waals surface area contributed by atoms with E-state index in [0.29, 0.717) is 5.41 Å². The van der Waals surface area contributed by atoms with Gasteiger partial charge in [0.15, 0.2) is 0 Å². The Morgan fingerprint density at radius 1 is 1.00 bits per heavy atom. The van der Waals surface area contributed by atoms with Crippen LogP contribution in [0.4, 0.5) is 0 Å². The van der Waals surface area contributed by atoms with Gasteiger partial charge < -0.3 is 0 Å². The molecule has 0 atom stereocenters. The smallest absolute Gasteiger partial charge is 0.0731 e. The molecule has 0 aliphatic heterocycles. The number of nitrogens with zero attached hydrogens (tertiary/aromatic N) is 1. The van der Waals surface area contributed by atoms with Gasteiger partial charge in [0.05, 0.1) is 5.69 Å². The maximum absolute atomic E-state index is 4.55. The number of hydrogen-bond donors (Lipinski definition) is 0. The zero-order chi connectivity index (χ0) is 14.0. The van der Waals surface area contributed by atoms with E-state index in [9.17, 15) is 0 Å². The lowest BCUT2D eigenvalue weighted by Gasteiger charge is -2.18. The van der Waals surface area contributed by atoms with Crippen molar-refractivity contribution in [1.82, 2.24) is 4.98 Å². The van der Waals surface area contributed by atoms with Crippen molar-refractivity contribution in [2.75, 3.05) is 0 Å². The highest BCUT2D eigenvalue weighted by atomic mass is 14.7. The molecule has 0 saturated heterocycles. The van der Waals surface area contributed by atoms with E-state index in [4.69, 9.17) is 0 Å². The van der Waals surface area contributed by atoms with Gasteiger partial charge in [-0.05, 0) is 42.4 Å². The second kappa shape index (κ2) is 5.16. The molecule has 0 unspecified atom stereocenters. The molecule has 1 nitrogen and oxygen atoms in total. The third kappa shape index (κ3) is 3.66. The molecule has 0 radical (unpaired) electrons. The number of hydrogen-bond acceptors (Lipinski definition) is 1. The van der Waals surface area contributed by atoms with E-state index in [1.807, 2.05) is 6.20 Å². The molecule has 0 bridgehead atoms. The Hall–Kier alpha value is -1.63. The number of rotatable bonds is 2. The van der Waals surface area contributed by atoms with Crippen molar-refractivity contribution < 1.29 is 0 Å². The lowest BCUT2D eigenvalue weighted by atomic mass is 9.88. The molecule has 2 rings (SSSR count). The van der Waals surface area contributed by atoms with Crippen LogP contribution in [-0.4, -0.2) is 4.98 Å². The maximum atomic E-state index is 4.55. The zero-order valence-corrected chi connectivity index (χ0v) is 12.6. The Kier molecular flexibility index (Phi) is 3.75. The highest BCUT2D eigenvalue weighted by Gasteiger charge is 2.11. The Bertz CT molecular complexity index is 559. The summed E-state index contributed by atoms with van der Waals surface area (Å²) >= 11 is 0. The first-order valence-electron chi connectivity index (χ1n) is 6.88. The summed E-state index contributed by atoms with van der Waals surface area (Å²) in [5, 5.41) is 0. The monoisotopic (exact) mass is 253 g/mol. The molecule has 1 aromatic heterocycles. The molecule has 1 aromatic carbocycles. The van der Waals surface area contributed by atoms with Crippen molar-refractivity contribution >= 4 is 0 Å². The average Bonchev–Trinajstić information content (AvgIpc) is 2.28. The largest absolute Gasteiger partial charge is 0.256 e. The minimum absolute atomic E-state index is 0.333. The number of benzene rings is 1. The molecule has 0 amide bonds. The molecule has 0 aliphatic rings. The molecule has 2 aromatic rings. The van der Waals surface area contributed by atoms with Crippen molar-refractivity contribution in [2.24, 2.45) is 5.41 Å². The highest BCUT2D eigenvalue weighted by Crippen LogP contribution is 2.25.